The second-order valence-corrected chi connectivity index (χ2v) is 4.93. The van der Waals surface area contributed by atoms with Gasteiger partial charge in [0, 0.05) is 18.8 Å². The van der Waals surface area contributed by atoms with Gasteiger partial charge in [0.25, 0.3) is 0 Å². The van der Waals surface area contributed by atoms with Gasteiger partial charge in [-0.25, -0.2) is 4.98 Å². The number of aromatic nitrogens is 2. The van der Waals surface area contributed by atoms with Crippen LogP contribution in [0.4, 0.5) is 5.95 Å². The Hall–Kier alpha value is -1.32. The van der Waals surface area contributed by atoms with Crippen molar-refractivity contribution >= 4 is 5.95 Å². The van der Waals surface area contributed by atoms with E-state index in [-0.39, 0.29) is 0 Å². The zero-order valence-corrected chi connectivity index (χ0v) is 10.9. The molecule has 1 aromatic rings. The van der Waals surface area contributed by atoms with Crippen molar-refractivity contribution in [3.63, 3.8) is 0 Å². The second kappa shape index (κ2) is 5.34. The van der Waals surface area contributed by atoms with Crippen LogP contribution in [0.5, 0.6) is 5.88 Å². The summed E-state index contributed by atoms with van der Waals surface area (Å²) in [6.07, 6.45) is 5.18. The molecule has 94 valence electrons. The molecule has 0 spiro atoms. The van der Waals surface area contributed by atoms with Crippen molar-refractivity contribution in [3.05, 3.63) is 11.8 Å². The topological polar surface area (TPSA) is 47.0 Å². The van der Waals surface area contributed by atoms with Gasteiger partial charge in [0.05, 0.1) is 0 Å². The Kier molecular flexibility index (Phi) is 3.82. The fourth-order valence-corrected chi connectivity index (χ4v) is 2.37. The van der Waals surface area contributed by atoms with Crippen molar-refractivity contribution in [1.82, 2.24) is 9.97 Å². The van der Waals surface area contributed by atoms with Crippen LogP contribution in [0.3, 0.4) is 0 Å². The van der Waals surface area contributed by atoms with Crippen LogP contribution in [-0.4, -0.2) is 23.1 Å². The van der Waals surface area contributed by atoms with Gasteiger partial charge in [-0.05, 0) is 32.1 Å². The van der Waals surface area contributed by atoms with Crippen molar-refractivity contribution in [2.24, 2.45) is 5.92 Å². The highest BCUT2D eigenvalue weighted by molar-refractivity contribution is 5.29. The quantitative estimate of drug-likeness (QED) is 0.875. The predicted molar refractivity (Wildman–Crippen MR) is 68.4 cm³/mol. The lowest BCUT2D eigenvalue weighted by atomic mass is 9.89. The van der Waals surface area contributed by atoms with Crippen LogP contribution in [0.2, 0.25) is 0 Å². The first-order valence-electron chi connectivity index (χ1n) is 6.37. The number of rotatable bonds is 3. The maximum atomic E-state index is 5.96. The van der Waals surface area contributed by atoms with Gasteiger partial charge >= 0.3 is 0 Å². The van der Waals surface area contributed by atoms with Crippen molar-refractivity contribution in [3.8, 4) is 5.88 Å². The molecule has 0 radical (unpaired) electrons. The van der Waals surface area contributed by atoms with Crippen molar-refractivity contribution in [2.45, 2.75) is 45.6 Å². The Bertz CT molecular complexity index is 381. The molecule has 1 saturated carbocycles. The van der Waals surface area contributed by atoms with Gasteiger partial charge in [-0.2, -0.15) is 4.98 Å². The Morgan fingerprint density at radius 3 is 2.88 bits per heavy atom. The van der Waals surface area contributed by atoms with Crippen LogP contribution < -0.4 is 10.1 Å². The molecular weight excluding hydrogens is 214 g/mol. The van der Waals surface area contributed by atoms with Crippen LogP contribution in [0, 0.1) is 12.8 Å². The van der Waals surface area contributed by atoms with E-state index in [1.807, 2.05) is 20.0 Å². The monoisotopic (exact) mass is 235 g/mol. The second-order valence-electron chi connectivity index (χ2n) is 4.93. The zero-order valence-electron chi connectivity index (χ0n) is 10.9. The molecule has 4 heteroatoms. The van der Waals surface area contributed by atoms with E-state index in [4.69, 9.17) is 4.74 Å². The van der Waals surface area contributed by atoms with E-state index in [1.54, 1.807) is 0 Å². The van der Waals surface area contributed by atoms with Gasteiger partial charge < -0.3 is 10.1 Å². The normalized spacial score (nSPS) is 24.4. The standard InChI is InChI=1S/C13H21N3O/c1-9-5-4-6-11(7-9)17-12-8-10(2)15-13(14-3)16-12/h8-9,11H,4-7H2,1-3H3,(H,14,15,16). The number of aryl methyl sites for hydroxylation is 1. The van der Waals surface area contributed by atoms with Gasteiger partial charge in [0.1, 0.15) is 6.10 Å². The summed E-state index contributed by atoms with van der Waals surface area (Å²) in [5, 5.41) is 2.95. The van der Waals surface area contributed by atoms with E-state index in [2.05, 4.69) is 22.2 Å². The molecule has 2 atom stereocenters. The molecule has 2 unspecified atom stereocenters. The summed E-state index contributed by atoms with van der Waals surface area (Å²) in [5.41, 5.74) is 0.934. The highest BCUT2D eigenvalue weighted by atomic mass is 16.5. The molecule has 0 aliphatic heterocycles. The van der Waals surface area contributed by atoms with E-state index in [1.165, 1.54) is 12.8 Å². The number of hydrogen-bond donors (Lipinski definition) is 1. The first-order chi connectivity index (χ1) is 8.17. The molecule has 17 heavy (non-hydrogen) atoms. The van der Waals surface area contributed by atoms with Crippen LogP contribution in [0.1, 0.15) is 38.3 Å². The Balaban J connectivity index is 2.04. The average molecular weight is 235 g/mol. The highest BCUT2D eigenvalue weighted by Gasteiger charge is 2.20. The number of nitrogens with zero attached hydrogens (tertiary/aromatic N) is 2. The van der Waals surface area contributed by atoms with E-state index in [0.717, 1.165) is 24.5 Å². The van der Waals surface area contributed by atoms with Crippen LogP contribution in [0.15, 0.2) is 6.07 Å². The molecule has 0 aromatic carbocycles. The summed E-state index contributed by atoms with van der Waals surface area (Å²) in [6, 6.07) is 1.90. The number of ether oxygens (including phenoxy) is 1. The zero-order chi connectivity index (χ0) is 12.3. The molecule has 1 aromatic heterocycles. The third-order valence-electron chi connectivity index (χ3n) is 3.23. The van der Waals surface area contributed by atoms with Crippen LogP contribution >= 0.6 is 0 Å². The summed E-state index contributed by atoms with van der Waals surface area (Å²) < 4.78 is 5.96. The summed E-state index contributed by atoms with van der Waals surface area (Å²) in [5.74, 6) is 2.09. The van der Waals surface area contributed by atoms with Gasteiger partial charge in [-0.3, -0.25) is 0 Å². The Morgan fingerprint density at radius 2 is 2.18 bits per heavy atom. The maximum absolute atomic E-state index is 5.96. The van der Waals surface area contributed by atoms with E-state index in [9.17, 15) is 0 Å². The molecule has 4 nitrogen and oxygen atoms in total. The van der Waals surface area contributed by atoms with Crippen LogP contribution in [-0.2, 0) is 0 Å². The molecule has 0 saturated heterocycles. The molecule has 0 bridgehead atoms. The smallest absolute Gasteiger partial charge is 0.225 e. The molecule has 1 N–H and O–H groups in total. The molecule has 1 aliphatic rings. The number of hydrogen-bond acceptors (Lipinski definition) is 4. The number of anilines is 1. The summed E-state index contributed by atoms with van der Waals surface area (Å²) >= 11 is 0. The third kappa shape index (κ3) is 3.32. The predicted octanol–water partition coefficient (Wildman–Crippen LogP) is 2.78. The van der Waals surface area contributed by atoms with Gasteiger partial charge in [0.15, 0.2) is 0 Å². The Labute approximate surface area is 103 Å². The van der Waals surface area contributed by atoms with Crippen molar-refractivity contribution < 1.29 is 4.74 Å². The summed E-state index contributed by atoms with van der Waals surface area (Å²) in [4.78, 5) is 8.58. The fourth-order valence-electron chi connectivity index (χ4n) is 2.37. The Morgan fingerprint density at radius 1 is 1.35 bits per heavy atom. The van der Waals surface area contributed by atoms with Gasteiger partial charge in [0.2, 0.25) is 11.8 Å². The minimum Gasteiger partial charge on any atom is -0.474 e. The molecule has 2 rings (SSSR count). The third-order valence-corrected chi connectivity index (χ3v) is 3.23. The van der Waals surface area contributed by atoms with Crippen molar-refractivity contribution in [2.75, 3.05) is 12.4 Å². The average Bonchev–Trinajstić information content (AvgIpc) is 2.28. The molecule has 1 heterocycles. The maximum Gasteiger partial charge on any atom is 0.225 e. The first kappa shape index (κ1) is 12.1. The largest absolute Gasteiger partial charge is 0.474 e. The minimum atomic E-state index is 0.317. The van der Waals surface area contributed by atoms with Gasteiger partial charge in [-0.15, -0.1) is 0 Å². The first-order valence-corrected chi connectivity index (χ1v) is 6.37. The molecule has 1 aliphatic carbocycles. The lowest BCUT2D eigenvalue weighted by Gasteiger charge is -2.27. The fraction of sp³-hybridized carbons (Fsp3) is 0.692. The van der Waals surface area contributed by atoms with Crippen LogP contribution in [0.25, 0.3) is 0 Å². The van der Waals surface area contributed by atoms with E-state index in [0.29, 0.717) is 17.9 Å². The van der Waals surface area contributed by atoms with Crippen molar-refractivity contribution in [1.29, 1.82) is 0 Å². The lowest BCUT2D eigenvalue weighted by Crippen LogP contribution is -2.24. The number of nitrogens with one attached hydrogen (secondary N) is 1. The molecule has 0 amide bonds. The molecular formula is C13H21N3O. The SMILES string of the molecule is CNc1nc(C)cc(OC2CCCC(C)C2)n1. The molecule has 1 fully saturated rings. The summed E-state index contributed by atoms with van der Waals surface area (Å²) in [7, 11) is 1.82. The highest BCUT2D eigenvalue weighted by Crippen LogP contribution is 2.27. The van der Waals surface area contributed by atoms with Gasteiger partial charge in [-0.1, -0.05) is 13.3 Å². The lowest BCUT2D eigenvalue weighted by molar-refractivity contribution is 0.124. The van der Waals surface area contributed by atoms with E-state index < -0.39 is 0 Å². The minimum absolute atomic E-state index is 0.317. The summed E-state index contributed by atoms with van der Waals surface area (Å²) in [6.45, 7) is 4.25. The van der Waals surface area contributed by atoms with E-state index >= 15 is 0 Å².